The Morgan fingerprint density at radius 3 is 2.43 bits per heavy atom. The molecule has 3 nitrogen and oxygen atoms in total. The SMILES string of the molecule is O=C(c1ccc(Br)cc1)N1CCSC1c1ccc(OCc2ccccc2)cc1. The highest BCUT2D eigenvalue weighted by atomic mass is 79.9. The number of hydrogen-bond acceptors (Lipinski definition) is 3. The van der Waals surface area contributed by atoms with E-state index in [4.69, 9.17) is 4.74 Å². The third-order valence-corrected chi connectivity index (χ3v) is 6.45. The van der Waals surface area contributed by atoms with Gasteiger partial charge in [0.15, 0.2) is 0 Å². The average molecular weight is 454 g/mol. The normalized spacial score (nSPS) is 16.2. The van der Waals surface area contributed by atoms with E-state index in [-0.39, 0.29) is 11.3 Å². The average Bonchev–Trinajstić information content (AvgIpc) is 3.23. The molecule has 0 bridgehead atoms. The zero-order valence-electron chi connectivity index (χ0n) is 15.3. The van der Waals surface area contributed by atoms with Gasteiger partial charge >= 0.3 is 0 Å². The predicted octanol–water partition coefficient (Wildman–Crippen LogP) is 5.92. The van der Waals surface area contributed by atoms with Crippen LogP contribution in [0.5, 0.6) is 5.75 Å². The van der Waals surface area contributed by atoms with Crippen LogP contribution in [0.4, 0.5) is 0 Å². The topological polar surface area (TPSA) is 29.5 Å². The van der Waals surface area contributed by atoms with Crippen molar-refractivity contribution in [3.8, 4) is 5.75 Å². The Bertz CT molecular complexity index is 929. The lowest BCUT2D eigenvalue weighted by Crippen LogP contribution is -2.30. The van der Waals surface area contributed by atoms with Gasteiger partial charge in [0.05, 0.1) is 0 Å². The standard InChI is InChI=1S/C23H20BrNO2S/c24-20-10-6-18(7-11-20)22(26)25-14-15-28-23(25)19-8-12-21(13-9-19)27-16-17-4-2-1-3-5-17/h1-13,23H,14-16H2. The molecule has 28 heavy (non-hydrogen) atoms. The van der Waals surface area contributed by atoms with E-state index in [9.17, 15) is 4.79 Å². The van der Waals surface area contributed by atoms with Crippen molar-refractivity contribution in [3.63, 3.8) is 0 Å². The molecule has 5 heteroatoms. The fourth-order valence-electron chi connectivity index (χ4n) is 3.18. The third kappa shape index (κ3) is 4.42. The monoisotopic (exact) mass is 453 g/mol. The Morgan fingerprint density at radius 2 is 1.71 bits per heavy atom. The van der Waals surface area contributed by atoms with Crippen LogP contribution >= 0.6 is 27.7 Å². The fourth-order valence-corrected chi connectivity index (χ4v) is 4.70. The highest BCUT2D eigenvalue weighted by Crippen LogP contribution is 2.39. The summed E-state index contributed by atoms with van der Waals surface area (Å²) in [5.41, 5.74) is 2.99. The Balaban J connectivity index is 1.44. The molecule has 0 spiro atoms. The number of rotatable bonds is 5. The van der Waals surface area contributed by atoms with Crippen LogP contribution in [-0.2, 0) is 6.61 Å². The van der Waals surface area contributed by atoms with E-state index < -0.39 is 0 Å². The molecular weight excluding hydrogens is 434 g/mol. The third-order valence-electron chi connectivity index (χ3n) is 4.66. The number of amides is 1. The lowest BCUT2D eigenvalue weighted by Gasteiger charge is -2.24. The van der Waals surface area contributed by atoms with E-state index in [1.54, 1.807) is 11.8 Å². The van der Waals surface area contributed by atoms with Crippen LogP contribution in [0.25, 0.3) is 0 Å². The summed E-state index contributed by atoms with van der Waals surface area (Å²) in [5, 5.41) is 0.0410. The molecule has 1 unspecified atom stereocenters. The Labute approximate surface area is 177 Å². The smallest absolute Gasteiger partial charge is 0.255 e. The molecule has 4 rings (SSSR count). The minimum Gasteiger partial charge on any atom is -0.489 e. The van der Waals surface area contributed by atoms with Crippen molar-refractivity contribution in [2.75, 3.05) is 12.3 Å². The summed E-state index contributed by atoms with van der Waals surface area (Å²) in [4.78, 5) is 14.9. The number of nitrogens with zero attached hydrogens (tertiary/aromatic N) is 1. The van der Waals surface area contributed by atoms with Gasteiger partial charge in [0.1, 0.15) is 17.7 Å². The van der Waals surface area contributed by atoms with E-state index in [2.05, 4.69) is 40.2 Å². The molecule has 0 aromatic heterocycles. The minimum atomic E-state index is 0.0410. The largest absolute Gasteiger partial charge is 0.489 e. The summed E-state index contributed by atoms with van der Waals surface area (Å²) in [7, 11) is 0. The van der Waals surface area contributed by atoms with E-state index >= 15 is 0 Å². The van der Waals surface area contributed by atoms with Crippen LogP contribution in [0, 0.1) is 0 Å². The van der Waals surface area contributed by atoms with Crippen molar-refractivity contribution in [3.05, 3.63) is 100 Å². The second-order valence-corrected chi connectivity index (χ2v) is 8.68. The first-order valence-corrected chi connectivity index (χ1v) is 11.0. The van der Waals surface area contributed by atoms with Gasteiger partial charge in [0, 0.05) is 22.3 Å². The van der Waals surface area contributed by atoms with Crippen LogP contribution in [0.3, 0.4) is 0 Å². The van der Waals surface area contributed by atoms with Crippen LogP contribution in [-0.4, -0.2) is 23.1 Å². The molecule has 3 aromatic rings. The molecule has 1 heterocycles. The summed E-state index contributed by atoms with van der Waals surface area (Å²) in [6, 6.07) is 25.8. The van der Waals surface area contributed by atoms with Crippen molar-refractivity contribution in [2.45, 2.75) is 12.0 Å². The number of carbonyl (C=O) groups excluding carboxylic acids is 1. The minimum absolute atomic E-state index is 0.0410. The molecule has 142 valence electrons. The van der Waals surface area contributed by atoms with Crippen molar-refractivity contribution in [2.24, 2.45) is 0 Å². The molecule has 0 saturated carbocycles. The Hall–Kier alpha value is -2.24. The predicted molar refractivity (Wildman–Crippen MR) is 118 cm³/mol. The van der Waals surface area contributed by atoms with Gasteiger partial charge in [-0.25, -0.2) is 0 Å². The highest BCUT2D eigenvalue weighted by Gasteiger charge is 2.31. The summed E-state index contributed by atoms with van der Waals surface area (Å²) in [6.45, 7) is 1.31. The van der Waals surface area contributed by atoms with Crippen LogP contribution < -0.4 is 4.74 Å². The Morgan fingerprint density at radius 1 is 1.00 bits per heavy atom. The molecule has 1 amide bonds. The molecule has 1 fully saturated rings. The van der Waals surface area contributed by atoms with Crippen LogP contribution in [0.2, 0.25) is 0 Å². The zero-order valence-corrected chi connectivity index (χ0v) is 17.7. The highest BCUT2D eigenvalue weighted by molar-refractivity contribution is 9.10. The van der Waals surface area contributed by atoms with Gasteiger partial charge in [-0.05, 0) is 47.5 Å². The molecule has 1 aliphatic rings. The molecule has 0 radical (unpaired) electrons. The second-order valence-electron chi connectivity index (χ2n) is 6.57. The van der Waals surface area contributed by atoms with E-state index in [1.165, 1.54) is 0 Å². The molecule has 1 saturated heterocycles. The number of ether oxygens (including phenoxy) is 1. The second kappa shape index (κ2) is 8.84. The van der Waals surface area contributed by atoms with Gasteiger partial charge in [0.25, 0.3) is 5.91 Å². The van der Waals surface area contributed by atoms with Crippen molar-refractivity contribution in [1.82, 2.24) is 4.90 Å². The first kappa shape index (κ1) is 19.1. The lowest BCUT2D eigenvalue weighted by atomic mass is 10.1. The van der Waals surface area contributed by atoms with Crippen molar-refractivity contribution < 1.29 is 9.53 Å². The maximum Gasteiger partial charge on any atom is 0.255 e. The first-order chi connectivity index (χ1) is 13.7. The molecule has 1 aliphatic heterocycles. The van der Waals surface area contributed by atoms with Crippen LogP contribution in [0.15, 0.2) is 83.3 Å². The molecule has 0 N–H and O–H groups in total. The Kier molecular flexibility index (Phi) is 6.03. The lowest BCUT2D eigenvalue weighted by molar-refractivity contribution is 0.0760. The number of halogens is 1. The molecular formula is C23H20BrNO2S. The maximum absolute atomic E-state index is 12.9. The number of benzene rings is 3. The zero-order chi connectivity index (χ0) is 19.3. The maximum atomic E-state index is 12.9. The molecule has 0 aliphatic carbocycles. The number of carbonyl (C=O) groups is 1. The van der Waals surface area contributed by atoms with Gasteiger partial charge < -0.3 is 9.64 Å². The summed E-state index contributed by atoms with van der Waals surface area (Å²) < 4.78 is 6.85. The van der Waals surface area contributed by atoms with E-state index in [0.717, 1.165) is 39.2 Å². The number of hydrogen-bond donors (Lipinski definition) is 0. The molecule has 1 atom stereocenters. The fraction of sp³-hybridized carbons (Fsp3) is 0.174. The van der Waals surface area contributed by atoms with E-state index in [1.807, 2.05) is 59.5 Å². The van der Waals surface area contributed by atoms with Gasteiger partial charge in [0.2, 0.25) is 0 Å². The van der Waals surface area contributed by atoms with Gasteiger partial charge in [-0.1, -0.05) is 58.4 Å². The number of thioether (sulfide) groups is 1. The quantitative estimate of drug-likeness (QED) is 0.480. The van der Waals surface area contributed by atoms with Crippen LogP contribution in [0.1, 0.15) is 26.9 Å². The van der Waals surface area contributed by atoms with Gasteiger partial charge in [-0.3, -0.25) is 4.79 Å². The first-order valence-electron chi connectivity index (χ1n) is 9.15. The van der Waals surface area contributed by atoms with Gasteiger partial charge in [-0.2, -0.15) is 0 Å². The summed E-state index contributed by atoms with van der Waals surface area (Å²) in [6.07, 6.45) is 0. The van der Waals surface area contributed by atoms with Crippen molar-refractivity contribution >= 4 is 33.6 Å². The van der Waals surface area contributed by atoms with Crippen molar-refractivity contribution in [1.29, 1.82) is 0 Å². The van der Waals surface area contributed by atoms with E-state index in [0.29, 0.717) is 6.61 Å². The molecule has 3 aromatic carbocycles. The summed E-state index contributed by atoms with van der Waals surface area (Å²) in [5.74, 6) is 1.85. The van der Waals surface area contributed by atoms with Gasteiger partial charge in [-0.15, -0.1) is 11.8 Å². The summed E-state index contributed by atoms with van der Waals surface area (Å²) >= 11 is 5.22.